The Hall–Kier alpha value is -1.11. The van der Waals surface area contributed by atoms with Crippen LogP contribution in [0.2, 0.25) is 5.15 Å². The molecule has 0 atom stereocenters. The molecule has 1 rings (SSSR count). The number of rotatable bonds is 8. The average Bonchev–Trinajstić information content (AvgIpc) is 2.37. The van der Waals surface area contributed by atoms with Gasteiger partial charge >= 0.3 is 0 Å². The molecule has 1 aromatic heterocycles. The van der Waals surface area contributed by atoms with E-state index in [9.17, 15) is 0 Å². The number of nitrogens with two attached hydrogens (primary N) is 1. The lowest BCUT2D eigenvalue weighted by Gasteiger charge is -2.24. The van der Waals surface area contributed by atoms with Crippen LogP contribution in [0.15, 0.2) is 6.33 Å². The smallest absolute Gasteiger partial charge is 0.157 e. The largest absolute Gasteiger partial charge is 0.393 e. The Morgan fingerprint density at radius 3 is 2.61 bits per heavy atom. The van der Waals surface area contributed by atoms with Gasteiger partial charge in [-0.3, -0.25) is 0 Å². The van der Waals surface area contributed by atoms with Crippen LogP contribution >= 0.6 is 11.6 Å². The highest BCUT2D eigenvalue weighted by Crippen LogP contribution is 2.25. The third-order valence-corrected chi connectivity index (χ3v) is 2.76. The Bertz CT molecular complexity index is 365. The molecule has 2 N–H and O–H groups in total. The standard InChI is InChI=1S/C11H19ClN4O2/c1-17-6-3-4-16(5-7-18-2)11-9(13)10(12)14-8-15-11/h8H,3-7,13H2,1-2H3. The second kappa shape index (κ2) is 8.07. The fourth-order valence-electron chi connectivity index (χ4n) is 1.54. The van der Waals surface area contributed by atoms with Crippen LogP contribution in [0.4, 0.5) is 11.5 Å². The number of ether oxygens (including phenoxy) is 2. The fraction of sp³-hybridized carbons (Fsp3) is 0.636. The highest BCUT2D eigenvalue weighted by molar-refractivity contribution is 6.32. The third-order valence-electron chi connectivity index (χ3n) is 2.46. The van der Waals surface area contributed by atoms with Crippen molar-refractivity contribution in [2.45, 2.75) is 6.42 Å². The first-order chi connectivity index (χ1) is 8.70. The minimum Gasteiger partial charge on any atom is -0.393 e. The summed E-state index contributed by atoms with van der Waals surface area (Å²) in [5.41, 5.74) is 6.28. The van der Waals surface area contributed by atoms with E-state index in [2.05, 4.69) is 9.97 Å². The summed E-state index contributed by atoms with van der Waals surface area (Å²) in [4.78, 5) is 10.0. The number of hydrogen-bond donors (Lipinski definition) is 1. The molecule has 1 heterocycles. The van der Waals surface area contributed by atoms with Crippen molar-refractivity contribution in [3.63, 3.8) is 0 Å². The predicted molar refractivity (Wildman–Crippen MR) is 72.0 cm³/mol. The molecule has 0 fully saturated rings. The van der Waals surface area contributed by atoms with E-state index in [0.29, 0.717) is 31.3 Å². The highest BCUT2D eigenvalue weighted by Gasteiger charge is 2.13. The van der Waals surface area contributed by atoms with E-state index < -0.39 is 0 Å². The van der Waals surface area contributed by atoms with E-state index in [1.54, 1.807) is 14.2 Å². The molecule has 0 aliphatic carbocycles. The van der Waals surface area contributed by atoms with Crippen molar-refractivity contribution in [3.05, 3.63) is 11.5 Å². The molecule has 0 saturated heterocycles. The first kappa shape index (κ1) is 14.9. The molecule has 0 aliphatic rings. The zero-order valence-electron chi connectivity index (χ0n) is 10.7. The van der Waals surface area contributed by atoms with Gasteiger partial charge in [0.05, 0.1) is 6.61 Å². The summed E-state index contributed by atoms with van der Waals surface area (Å²) in [6.45, 7) is 2.74. The van der Waals surface area contributed by atoms with Crippen molar-refractivity contribution >= 4 is 23.1 Å². The molecule has 0 unspecified atom stereocenters. The van der Waals surface area contributed by atoms with Gasteiger partial charge in [-0.15, -0.1) is 0 Å². The molecule has 0 amide bonds. The number of hydrogen-bond acceptors (Lipinski definition) is 6. The minimum absolute atomic E-state index is 0.272. The Labute approximate surface area is 112 Å². The van der Waals surface area contributed by atoms with Gasteiger partial charge in [-0.2, -0.15) is 0 Å². The van der Waals surface area contributed by atoms with Crippen molar-refractivity contribution in [2.24, 2.45) is 0 Å². The first-order valence-corrected chi connectivity index (χ1v) is 6.07. The van der Waals surface area contributed by atoms with E-state index >= 15 is 0 Å². The maximum absolute atomic E-state index is 5.89. The number of nitrogens with zero attached hydrogens (tertiary/aromatic N) is 3. The third kappa shape index (κ3) is 4.29. The SMILES string of the molecule is COCCCN(CCOC)c1ncnc(Cl)c1N. The number of methoxy groups -OCH3 is 2. The number of halogens is 1. The molecule has 18 heavy (non-hydrogen) atoms. The van der Waals surface area contributed by atoms with Gasteiger partial charge in [0.1, 0.15) is 12.0 Å². The second-order valence-electron chi connectivity index (χ2n) is 3.73. The van der Waals surface area contributed by atoms with Crippen LogP contribution in [0, 0.1) is 0 Å². The van der Waals surface area contributed by atoms with E-state index in [1.165, 1.54) is 6.33 Å². The van der Waals surface area contributed by atoms with Gasteiger partial charge in [0.15, 0.2) is 11.0 Å². The molecular weight excluding hydrogens is 256 g/mol. The molecule has 7 heteroatoms. The van der Waals surface area contributed by atoms with Crippen molar-refractivity contribution in [3.8, 4) is 0 Å². The van der Waals surface area contributed by atoms with Crippen LogP contribution in [-0.4, -0.2) is 50.5 Å². The molecule has 0 bridgehead atoms. The topological polar surface area (TPSA) is 73.5 Å². The van der Waals surface area contributed by atoms with Crippen LogP contribution in [0.5, 0.6) is 0 Å². The molecule has 0 saturated carbocycles. The molecule has 6 nitrogen and oxygen atoms in total. The molecule has 1 aromatic rings. The van der Waals surface area contributed by atoms with E-state index in [0.717, 1.165) is 13.0 Å². The molecule has 0 aromatic carbocycles. The lowest BCUT2D eigenvalue weighted by atomic mass is 10.3. The quantitative estimate of drug-likeness (QED) is 0.567. The zero-order valence-corrected chi connectivity index (χ0v) is 11.5. The van der Waals surface area contributed by atoms with Gasteiger partial charge in [-0.25, -0.2) is 9.97 Å². The molecule has 0 spiro atoms. The van der Waals surface area contributed by atoms with Crippen LogP contribution in [0.1, 0.15) is 6.42 Å². The molecule has 102 valence electrons. The van der Waals surface area contributed by atoms with Crippen molar-refractivity contribution in [1.82, 2.24) is 9.97 Å². The van der Waals surface area contributed by atoms with Crippen molar-refractivity contribution in [2.75, 3.05) is 51.2 Å². The van der Waals surface area contributed by atoms with Gasteiger partial charge in [0.25, 0.3) is 0 Å². The molecule has 0 radical (unpaired) electrons. The maximum atomic E-state index is 5.89. The van der Waals surface area contributed by atoms with Crippen LogP contribution in [0.3, 0.4) is 0 Å². The number of aromatic nitrogens is 2. The maximum Gasteiger partial charge on any atom is 0.157 e. The summed E-state index contributed by atoms with van der Waals surface area (Å²) in [6.07, 6.45) is 2.28. The lowest BCUT2D eigenvalue weighted by molar-refractivity contribution is 0.191. The van der Waals surface area contributed by atoms with Crippen LogP contribution in [-0.2, 0) is 9.47 Å². The predicted octanol–water partition coefficient (Wildman–Crippen LogP) is 1.20. The fourth-order valence-corrected chi connectivity index (χ4v) is 1.67. The van der Waals surface area contributed by atoms with Gasteiger partial charge in [0, 0.05) is 33.9 Å². The minimum atomic E-state index is 0.272. The van der Waals surface area contributed by atoms with Crippen molar-refractivity contribution < 1.29 is 9.47 Å². The summed E-state index contributed by atoms with van der Waals surface area (Å²) in [5, 5.41) is 0.272. The van der Waals surface area contributed by atoms with Gasteiger partial charge in [0.2, 0.25) is 0 Å². The summed E-state index contributed by atoms with van der Waals surface area (Å²) in [5.74, 6) is 0.642. The Morgan fingerprint density at radius 1 is 1.22 bits per heavy atom. The Kier molecular flexibility index (Phi) is 6.70. The molecular formula is C11H19ClN4O2. The van der Waals surface area contributed by atoms with E-state index in [4.69, 9.17) is 26.8 Å². The summed E-state index contributed by atoms with van der Waals surface area (Å²) < 4.78 is 10.1. The first-order valence-electron chi connectivity index (χ1n) is 5.69. The highest BCUT2D eigenvalue weighted by atomic mass is 35.5. The van der Waals surface area contributed by atoms with Gasteiger partial charge in [-0.05, 0) is 6.42 Å². The average molecular weight is 275 g/mol. The second-order valence-corrected chi connectivity index (χ2v) is 4.09. The summed E-state index contributed by atoms with van der Waals surface area (Å²) in [6, 6.07) is 0. The number of nitrogen functional groups attached to an aromatic ring is 1. The zero-order chi connectivity index (χ0) is 13.4. The molecule has 0 aliphatic heterocycles. The number of anilines is 2. The monoisotopic (exact) mass is 274 g/mol. The van der Waals surface area contributed by atoms with Crippen LogP contribution < -0.4 is 10.6 Å². The van der Waals surface area contributed by atoms with E-state index in [1.807, 2.05) is 4.90 Å². The Balaban J connectivity index is 2.76. The van der Waals surface area contributed by atoms with Gasteiger partial charge < -0.3 is 20.1 Å². The summed E-state index contributed by atoms with van der Waals surface area (Å²) >= 11 is 5.89. The van der Waals surface area contributed by atoms with Gasteiger partial charge in [-0.1, -0.05) is 11.6 Å². The normalized spacial score (nSPS) is 10.6. The summed E-state index contributed by atoms with van der Waals surface area (Å²) in [7, 11) is 3.33. The van der Waals surface area contributed by atoms with Crippen molar-refractivity contribution in [1.29, 1.82) is 0 Å². The van der Waals surface area contributed by atoms with Crippen LogP contribution in [0.25, 0.3) is 0 Å². The lowest BCUT2D eigenvalue weighted by Crippen LogP contribution is -2.30. The Morgan fingerprint density at radius 2 is 1.94 bits per heavy atom. The van der Waals surface area contributed by atoms with E-state index in [-0.39, 0.29) is 5.15 Å².